The van der Waals surface area contributed by atoms with E-state index in [1.807, 2.05) is 22.7 Å². The van der Waals surface area contributed by atoms with Gasteiger partial charge in [-0.25, -0.2) is 19.3 Å². The van der Waals surface area contributed by atoms with E-state index in [4.69, 9.17) is 17.3 Å². The van der Waals surface area contributed by atoms with Crippen molar-refractivity contribution in [2.45, 2.75) is 25.3 Å². The number of hydrogen-bond acceptors (Lipinski definition) is 6. The molecule has 0 amide bonds. The van der Waals surface area contributed by atoms with Crippen LogP contribution in [0.1, 0.15) is 35.7 Å². The average Bonchev–Trinajstić information content (AvgIpc) is 3.39. The quantitative estimate of drug-likeness (QED) is 0.466. The van der Waals surface area contributed by atoms with Crippen LogP contribution in [0.3, 0.4) is 0 Å². The number of aromatic nitrogens is 4. The van der Waals surface area contributed by atoms with Crippen LogP contribution in [0.4, 0.5) is 10.2 Å². The lowest BCUT2D eigenvalue weighted by Gasteiger charge is -2.42. The van der Waals surface area contributed by atoms with Crippen molar-refractivity contribution in [2.24, 2.45) is 11.1 Å². The highest BCUT2D eigenvalue weighted by Crippen LogP contribution is 2.51. The highest BCUT2D eigenvalue weighted by molar-refractivity contribution is 6.34. The fourth-order valence-corrected chi connectivity index (χ4v) is 5.79. The highest BCUT2D eigenvalue weighted by Gasteiger charge is 2.46. The lowest BCUT2D eigenvalue weighted by atomic mass is 9.73. The van der Waals surface area contributed by atoms with Gasteiger partial charge >= 0.3 is 0 Å². The lowest BCUT2D eigenvalue weighted by molar-refractivity contribution is 0.187. The van der Waals surface area contributed by atoms with Crippen LogP contribution in [-0.4, -0.2) is 32.4 Å². The molecule has 1 saturated heterocycles. The van der Waals surface area contributed by atoms with Gasteiger partial charge in [-0.3, -0.25) is 4.40 Å². The minimum Gasteiger partial charge on any atom is -0.355 e. The minimum absolute atomic E-state index is 0.0542. The van der Waals surface area contributed by atoms with Crippen molar-refractivity contribution < 1.29 is 4.39 Å². The van der Waals surface area contributed by atoms with E-state index >= 15 is 0 Å². The minimum atomic E-state index is -0.205. The van der Waals surface area contributed by atoms with Crippen molar-refractivity contribution in [1.29, 1.82) is 5.26 Å². The van der Waals surface area contributed by atoms with Crippen LogP contribution in [0.2, 0.25) is 5.02 Å². The van der Waals surface area contributed by atoms with Gasteiger partial charge in [0.05, 0.1) is 11.2 Å². The summed E-state index contributed by atoms with van der Waals surface area (Å²) in [5.74, 6) is 1.27. The fraction of sp³-hybridized carbons (Fsp3) is 0.280. The van der Waals surface area contributed by atoms with E-state index in [-0.39, 0.29) is 28.0 Å². The molecular weight excluding hydrogens is 453 g/mol. The summed E-state index contributed by atoms with van der Waals surface area (Å²) in [4.78, 5) is 15.5. The maximum Gasteiger partial charge on any atom is 0.159 e. The lowest BCUT2D eigenvalue weighted by Crippen LogP contribution is -2.44. The molecule has 9 heteroatoms. The van der Waals surface area contributed by atoms with Gasteiger partial charge in [-0.1, -0.05) is 17.7 Å². The Hall–Kier alpha value is -3.54. The van der Waals surface area contributed by atoms with Crippen molar-refractivity contribution in [2.75, 3.05) is 18.0 Å². The number of benzene rings is 1. The number of fused-ring (bicyclic) bond motifs is 2. The van der Waals surface area contributed by atoms with E-state index in [0.717, 1.165) is 54.8 Å². The van der Waals surface area contributed by atoms with Crippen LogP contribution >= 0.6 is 11.6 Å². The van der Waals surface area contributed by atoms with Gasteiger partial charge in [-0.15, -0.1) is 0 Å². The zero-order valence-electron chi connectivity index (χ0n) is 18.2. The number of halogens is 2. The Morgan fingerprint density at radius 2 is 1.97 bits per heavy atom. The van der Waals surface area contributed by atoms with Gasteiger partial charge < -0.3 is 10.6 Å². The predicted molar refractivity (Wildman–Crippen MR) is 127 cm³/mol. The number of pyridine rings is 1. The Balaban J connectivity index is 1.30. The summed E-state index contributed by atoms with van der Waals surface area (Å²) in [6.45, 7) is 1.60. The third kappa shape index (κ3) is 3.08. The molecule has 6 rings (SSSR count). The molecule has 1 unspecified atom stereocenters. The highest BCUT2D eigenvalue weighted by atomic mass is 35.5. The number of nitrogens with zero attached hydrogens (tertiary/aromatic N) is 6. The topological polar surface area (TPSA) is 96.1 Å². The zero-order valence-corrected chi connectivity index (χ0v) is 19.0. The van der Waals surface area contributed by atoms with Crippen LogP contribution < -0.4 is 10.6 Å². The number of piperidine rings is 1. The third-order valence-corrected chi connectivity index (χ3v) is 7.76. The maximum atomic E-state index is 13.8. The van der Waals surface area contributed by atoms with Gasteiger partial charge in [0.1, 0.15) is 23.2 Å². The van der Waals surface area contributed by atoms with E-state index in [2.05, 4.69) is 19.9 Å². The van der Waals surface area contributed by atoms with Gasteiger partial charge in [0.15, 0.2) is 11.5 Å². The summed E-state index contributed by atoms with van der Waals surface area (Å²) in [6.07, 6.45) is 9.54. The molecule has 34 heavy (non-hydrogen) atoms. The summed E-state index contributed by atoms with van der Waals surface area (Å²) in [5.41, 5.74) is 10.4. The Kier molecular flexibility index (Phi) is 4.80. The van der Waals surface area contributed by atoms with E-state index in [9.17, 15) is 9.65 Å². The fourth-order valence-electron chi connectivity index (χ4n) is 5.55. The van der Waals surface area contributed by atoms with Crippen LogP contribution in [0, 0.1) is 22.6 Å². The van der Waals surface area contributed by atoms with E-state index in [0.29, 0.717) is 11.4 Å². The summed E-state index contributed by atoms with van der Waals surface area (Å²) >= 11 is 6.42. The van der Waals surface area contributed by atoms with Crippen LogP contribution in [0.5, 0.6) is 0 Å². The van der Waals surface area contributed by atoms with Crippen molar-refractivity contribution in [3.63, 3.8) is 0 Å². The van der Waals surface area contributed by atoms with Gasteiger partial charge in [0.25, 0.3) is 0 Å². The first-order chi connectivity index (χ1) is 16.5. The van der Waals surface area contributed by atoms with Crippen molar-refractivity contribution in [3.05, 3.63) is 76.7 Å². The summed E-state index contributed by atoms with van der Waals surface area (Å²) in [5, 5.41) is 9.56. The molecule has 0 saturated carbocycles. The first kappa shape index (κ1) is 21.0. The molecule has 170 valence electrons. The molecule has 1 aromatic carbocycles. The van der Waals surface area contributed by atoms with E-state index in [1.165, 1.54) is 6.07 Å². The number of anilines is 1. The number of imidazole rings is 1. The predicted octanol–water partition coefficient (Wildman–Crippen LogP) is 4.30. The van der Waals surface area contributed by atoms with Crippen molar-refractivity contribution in [3.8, 4) is 17.5 Å². The molecule has 3 aromatic heterocycles. The second kappa shape index (κ2) is 7.76. The summed E-state index contributed by atoms with van der Waals surface area (Å²) < 4.78 is 15.7. The second-order valence-corrected chi connectivity index (χ2v) is 9.45. The third-order valence-electron chi connectivity index (χ3n) is 7.38. The van der Waals surface area contributed by atoms with Crippen molar-refractivity contribution >= 4 is 22.9 Å². The Bertz CT molecular complexity index is 1470. The number of hydrogen-bond donors (Lipinski definition) is 1. The molecule has 1 aliphatic carbocycles. The smallest absolute Gasteiger partial charge is 0.159 e. The first-order valence-electron chi connectivity index (χ1n) is 11.2. The zero-order chi connectivity index (χ0) is 23.4. The number of nitriles is 1. The summed E-state index contributed by atoms with van der Waals surface area (Å²) in [7, 11) is 0. The molecule has 1 spiro atoms. The van der Waals surface area contributed by atoms with Gasteiger partial charge in [-0.2, -0.15) is 5.26 Å². The Labute approximate surface area is 200 Å². The Morgan fingerprint density at radius 3 is 2.76 bits per heavy atom. The van der Waals surface area contributed by atoms with Gasteiger partial charge in [0.2, 0.25) is 0 Å². The molecule has 0 bridgehead atoms. The second-order valence-electron chi connectivity index (χ2n) is 9.07. The number of nitrogens with two attached hydrogens (primary N) is 1. The normalized spacial score (nSPS) is 18.9. The average molecular weight is 474 g/mol. The van der Waals surface area contributed by atoms with Gasteiger partial charge in [0, 0.05) is 43.3 Å². The molecule has 0 radical (unpaired) electrons. The maximum absolute atomic E-state index is 13.8. The SMILES string of the molecule is N#Cc1nccc(-c2ncc3c(N4CCC5(CC4)Cc4cc(F)ccc4C5N)nccn23)c1Cl. The molecule has 2 aliphatic rings. The molecule has 4 heterocycles. The molecule has 2 N–H and O–H groups in total. The van der Waals surface area contributed by atoms with Crippen molar-refractivity contribution in [1.82, 2.24) is 19.4 Å². The van der Waals surface area contributed by atoms with Crippen LogP contribution in [0.25, 0.3) is 16.9 Å². The molecule has 1 fully saturated rings. The molecule has 4 aromatic rings. The van der Waals surface area contributed by atoms with Gasteiger partial charge in [-0.05, 0) is 54.0 Å². The Morgan fingerprint density at radius 1 is 1.15 bits per heavy atom. The molecule has 1 aliphatic heterocycles. The summed E-state index contributed by atoms with van der Waals surface area (Å²) in [6, 6.07) is 8.66. The largest absolute Gasteiger partial charge is 0.355 e. The molecular formula is C25H21ClFN7. The molecule has 1 atom stereocenters. The van der Waals surface area contributed by atoms with E-state index < -0.39 is 0 Å². The number of rotatable bonds is 2. The standard InChI is InChI=1S/C25H21ClFN7/c26-21-18(3-6-30-19(21)13-28)23-32-14-20-24(31-7-10-34(20)23)33-8-4-25(5-9-33)12-15-11-16(27)1-2-17(15)22(25)29/h1-3,6-7,10-11,14,22H,4-5,8-9,12,29H2. The molecule has 7 nitrogen and oxygen atoms in total. The monoisotopic (exact) mass is 473 g/mol. The van der Waals surface area contributed by atoms with Crippen LogP contribution in [0.15, 0.2) is 49.1 Å². The van der Waals surface area contributed by atoms with Crippen LogP contribution in [-0.2, 0) is 6.42 Å². The first-order valence-corrected chi connectivity index (χ1v) is 11.5. The van der Waals surface area contributed by atoms with E-state index in [1.54, 1.807) is 30.7 Å².